The number of sulfone groups is 1. The summed E-state index contributed by atoms with van der Waals surface area (Å²) in [6.07, 6.45) is 9.24. The molecule has 0 aromatic carbocycles. The van der Waals surface area contributed by atoms with Crippen molar-refractivity contribution >= 4 is 15.7 Å². The van der Waals surface area contributed by atoms with E-state index in [0.717, 1.165) is 12.8 Å². The SMILES string of the molecule is CCCS(=O)(=O)CC(=O)NCC1CCCCCCC1. The molecule has 1 fully saturated rings. The molecule has 1 saturated carbocycles. The van der Waals surface area contributed by atoms with E-state index in [0.29, 0.717) is 18.9 Å². The highest BCUT2D eigenvalue weighted by Crippen LogP contribution is 2.21. The summed E-state index contributed by atoms with van der Waals surface area (Å²) in [4.78, 5) is 11.6. The molecule has 0 atom stereocenters. The van der Waals surface area contributed by atoms with E-state index in [4.69, 9.17) is 0 Å². The monoisotopic (exact) mass is 289 g/mol. The van der Waals surface area contributed by atoms with Crippen molar-refractivity contribution in [3.05, 3.63) is 0 Å². The molecule has 19 heavy (non-hydrogen) atoms. The molecule has 112 valence electrons. The van der Waals surface area contributed by atoms with Crippen molar-refractivity contribution in [1.29, 1.82) is 0 Å². The number of carbonyl (C=O) groups excluding carboxylic acids is 1. The number of nitrogens with one attached hydrogen (secondary N) is 1. The minimum absolute atomic E-state index is 0.101. The zero-order chi connectivity index (χ0) is 14.1. The van der Waals surface area contributed by atoms with Gasteiger partial charge in [0.05, 0.1) is 5.75 Å². The predicted octanol–water partition coefficient (Wildman–Crippen LogP) is 2.29. The first-order valence-corrected chi connectivity index (χ1v) is 9.33. The summed E-state index contributed by atoms with van der Waals surface area (Å²) < 4.78 is 23.1. The zero-order valence-electron chi connectivity index (χ0n) is 12.0. The number of hydrogen-bond acceptors (Lipinski definition) is 3. The first-order chi connectivity index (χ1) is 9.03. The second-order valence-electron chi connectivity index (χ2n) is 5.61. The van der Waals surface area contributed by atoms with Crippen molar-refractivity contribution in [3.8, 4) is 0 Å². The molecule has 1 amide bonds. The molecule has 5 heteroatoms. The summed E-state index contributed by atoms with van der Waals surface area (Å²) >= 11 is 0. The van der Waals surface area contributed by atoms with E-state index >= 15 is 0 Å². The van der Waals surface area contributed by atoms with Gasteiger partial charge in [-0.15, -0.1) is 0 Å². The summed E-state index contributed by atoms with van der Waals surface area (Å²) in [5, 5.41) is 2.80. The average Bonchev–Trinajstić information content (AvgIpc) is 2.26. The molecule has 0 unspecified atom stereocenters. The van der Waals surface area contributed by atoms with Gasteiger partial charge in [0.25, 0.3) is 0 Å². The third-order valence-electron chi connectivity index (χ3n) is 3.68. The highest BCUT2D eigenvalue weighted by molar-refractivity contribution is 7.92. The largest absolute Gasteiger partial charge is 0.355 e. The third-order valence-corrected chi connectivity index (χ3v) is 5.41. The molecule has 0 saturated heterocycles. The second kappa shape index (κ2) is 8.56. The maximum Gasteiger partial charge on any atom is 0.235 e. The Balaban J connectivity index is 2.28. The van der Waals surface area contributed by atoms with Gasteiger partial charge in [0.1, 0.15) is 5.75 Å². The van der Waals surface area contributed by atoms with Crippen LogP contribution < -0.4 is 5.32 Å². The van der Waals surface area contributed by atoms with Gasteiger partial charge in [0.2, 0.25) is 5.91 Å². The highest BCUT2D eigenvalue weighted by Gasteiger charge is 2.17. The summed E-state index contributed by atoms with van der Waals surface area (Å²) in [6.45, 7) is 2.45. The number of rotatable bonds is 6. The average molecular weight is 289 g/mol. The summed E-state index contributed by atoms with van der Waals surface area (Å²) in [6, 6.07) is 0. The molecular formula is C14H27NO3S. The van der Waals surface area contributed by atoms with Crippen LogP contribution in [-0.4, -0.2) is 32.4 Å². The van der Waals surface area contributed by atoms with Crippen LogP contribution in [0.15, 0.2) is 0 Å². The maximum atomic E-state index is 11.6. The van der Waals surface area contributed by atoms with Crippen molar-refractivity contribution in [1.82, 2.24) is 5.32 Å². The highest BCUT2D eigenvalue weighted by atomic mass is 32.2. The molecule has 1 N–H and O–H groups in total. The van der Waals surface area contributed by atoms with Gasteiger partial charge in [-0.25, -0.2) is 8.42 Å². The smallest absolute Gasteiger partial charge is 0.235 e. The van der Waals surface area contributed by atoms with Crippen LogP contribution in [0, 0.1) is 5.92 Å². The minimum Gasteiger partial charge on any atom is -0.355 e. The molecular weight excluding hydrogens is 262 g/mol. The van der Waals surface area contributed by atoms with Gasteiger partial charge in [-0.1, -0.05) is 39.0 Å². The van der Waals surface area contributed by atoms with Crippen molar-refractivity contribution in [2.75, 3.05) is 18.1 Å². The molecule has 1 rings (SSSR count). The van der Waals surface area contributed by atoms with E-state index in [1.165, 1.54) is 32.1 Å². The number of amides is 1. The fourth-order valence-corrected chi connectivity index (χ4v) is 3.90. The Hall–Kier alpha value is -0.580. The Morgan fingerprint density at radius 1 is 1.11 bits per heavy atom. The van der Waals surface area contributed by atoms with Crippen LogP contribution in [0.1, 0.15) is 58.3 Å². The molecule has 0 heterocycles. The van der Waals surface area contributed by atoms with Gasteiger partial charge in [-0.3, -0.25) is 4.79 Å². The van der Waals surface area contributed by atoms with Crippen LogP contribution in [0.2, 0.25) is 0 Å². The first-order valence-electron chi connectivity index (χ1n) is 7.50. The number of carbonyl (C=O) groups is 1. The fraction of sp³-hybridized carbons (Fsp3) is 0.929. The molecule has 0 aromatic rings. The summed E-state index contributed by atoms with van der Waals surface area (Å²) in [5.74, 6) is -0.0640. The van der Waals surface area contributed by atoms with E-state index in [-0.39, 0.29) is 17.4 Å². The Bertz CT molecular complexity index is 357. The normalized spacial score (nSPS) is 18.6. The molecule has 0 spiro atoms. The lowest BCUT2D eigenvalue weighted by atomic mass is 9.91. The molecule has 1 aliphatic carbocycles. The second-order valence-corrected chi connectivity index (χ2v) is 7.79. The van der Waals surface area contributed by atoms with Gasteiger partial charge in [-0.05, 0) is 25.2 Å². The lowest BCUT2D eigenvalue weighted by molar-refractivity contribution is -0.118. The Morgan fingerprint density at radius 2 is 1.68 bits per heavy atom. The Morgan fingerprint density at radius 3 is 2.26 bits per heavy atom. The van der Waals surface area contributed by atoms with Crippen LogP contribution in [-0.2, 0) is 14.6 Å². The van der Waals surface area contributed by atoms with Crippen LogP contribution >= 0.6 is 0 Å². The lowest BCUT2D eigenvalue weighted by Gasteiger charge is -2.19. The zero-order valence-corrected chi connectivity index (χ0v) is 12.8. The Kier molecular flexibility index (Phi) is 7.42. The van der Waals surface area contributed by atoms with Gasteiger partial charge in [0.15, 0.2) is 9.84 Å². The topological polar surface area (TPSA) is 63.2 Å². The fourth-order valence-electron chi connectivity index (χ4n) is 2.64. The van der Waals surface area contributed by atoms with Gasteiger partial charge in [0, 0.05) is 6.54 Å². The van der Waals surface area contributed by atoms with Gasteiger partial charge < -0.3 is 5.32 Å². The molecule has 4 nitrogen and oxygen atoms in total. The van der Waals surface area contributed by atoms with Crippen LogP contribution in [0.5, 0.6) is 0 Å². The maximum absolute atomic E-state index is 11.6. The van der Waals surface area contributed by atoms with E-state index in [2.05, 4.69) is 5.32 Å². The molecule has 1 aliphatic rings. The van der Waals surface area contributed by atoms with E-state index < -0.39 is 9.84 Å². The molecule has 0 bridgehead atoms. The molecule has 0 aliphatic heterocycles. The molecule has 0 aromatic heterocycles. The van der Waals surface area contributed by atoms with Crippen LogP contribution in [0.25, 0.3) is 0 Å². The number of hydrogen-bond donors (Lipinski definition) is 1. The van der Waals surface area contributed by atoms with Crippen LogP contribution in [0.3, 0.4) is 0 Å². The van der Waals surface area contributed by atoms with E-state index in [1.807, 2.05) is 6.92 Å². The van der Waals surface area contributed by atoms with Crippen molar-refractivity contribution in [2.45, 2.75) is 58.3 Å². The molecule has 0 radical (unpaired) electrons. The van der Waals surface area contributed by atoms with Crippen LogP contribution in [0.4, 0.5) is 0 Å². The standard InChI is InChI=1S/C14H27NO3S/c1-2-10-19(17,18)12-14(16)15-11-13-8-6-4-3-5-7-9-13/h13H,2-12H2,1H3,(H,15,16). The lowest BCUT2D eigenvalue weighted by Crippen LogP contribution is -2.34. The van der Waals surface area contributed by atoms with E-state index in [1.54, 1.807) is 0 Å². The first kappa shape index (κ1) is 16.5. The minimum atomic E-state index is -3.21. The predicted molar refractivity (Wildman–Crippen MR) is 77.8 cm³/mol. The van der Waals surface area contributed by atoms with Crippen molar-refractivity contribution in [3.63, 3.8) is 0 Å². The van der Waals surface area contributed by atoms with Gasteiger partial charge >= 0.3 is 0 Å². The summed E-state index contributed by atoms with van der Waals surface area (Å²) in [5.41, 5.74) is 0. The van der Waals surface area contributed by atoms with Gasteiger partial charge in [-0.2, -0.15) is 0 Å². The third kappa shape index (κ3) is 7.55. The quantitative estimate of drug-likeness (QED) is 0.816. The van der Waals surface area contributed by atoms with Crippen molar-refractivity contribution in [2.24, 2.45) is 5.92 Å². The van der Waals surface area contributed by atoms with Crippen molar-refractivity contribution < 1.29 is 13.2 Å². The summed E-state index contributed by atoms with van der Waals surface area (Å²) in [7, 11) is -3.21. The Labute approximate surface area is 117 Å². The van der Waals surface area contributed by atoms with E-state index in [9.17, 15) is 13.2 Å².